The maximum absolute atomic E-state index is 12.3. The Hall–Kier alpha value is -3.26. The molecule has 1 amide bonds. The molecule has 1 saturated carbocycles. The van der Waals surface area contributed by atoms with E-state index >= 15 is 0 Å². The number of hydrogen-bond acceptors (Lipinski definition) is 5. The molecule has 2 N–H and O–H groups in total. The van der Waals surface area contributed by atoms with Gasteiger partial charge in [0.25, 0.3) is 15.9 Å². The summed E-state index contributed by atoms with van der Waals surface area (Å²) in [6, 6.07) is 27.4. The summed E-state index contributed by atoms with van der Waals surface area (Å²) in [4.78, 5) is 14.7. The number of amides is 1. The minimum absolute atomic E-state index is 0.0611. The molecule has 2 atom stereocenters. The fourth-order valence-corrected chi connectivity index (χ4v) is 6.11. The molecule has 5 rings (SSSR count). The zero-order valence-electron chi connectivity index (χ0n) is 21.5. The van der Waals surface area contributed by atoms with Crippen LogP contribution in [0.4, 0.5) is 0 Å². The summed E-state index contributed by atoms with van der Waals surface area (Å²) < 4.78 is 26.6. The number of nitrogens with one attached hydrogen (secondary N) is 2. The van der Waals surface area contributed by atoms with Crippen LogP contribution in [0.1, 0.15) is 41.9 Å². The first kappa shape index (κ1) is 26.4. The molecule has 2 aliphatic rings. The van der Waals surface area contributed by atoms with Crippen molar-refractivity contribution in [3.63, 3.8) is 0 Å². The van der Waals surface area contributed by atoms with Crippen molar-refractivity contribution in [3.05, 3.63) is 108 Å². The van der Waals surface area contributed by atoms with E-state index in [1.54, 1.807) is 24.3 Å². The highest BCUT2D eigenvalue weighted by atomic mass is 32.2. The number of likely N-dealkylation sites (tertiary alicyclic amines) is 1. The third kappa shape index (κ3) is 7.19. The SMILES string of the molecule is O=C(/C=C/c1ccc(CN2CCC(CN[C@@H]3C[C@H]3c3ccccc3)CC2)cc1)NS(=O)(=O)c1ccccc1. The van der Waals surface area contributed by atoms with Crippen molar-refractivity contribution in [1.82, 2.24) is 14.9 Å². The summed E-state index contributed by atoms with van der Waals surface area (Å²) >= 11 is 0. The first-order valence-corrected chi connectivity index (χ1v) is 14.8. The molecule has 3 aromatic rings. The third-order valence-electron chi connectivity index (χ3n) is 7.50. The molecular weight excluding hydrogens is 494 g/mol. The number of sulfonamides is 1. The second-order valence-electron chi connectivity index (χ2n) is 10.3. The van der Waals surface area contributed by atoms with Crippen LogP contribution in [0.5, 0.6) is 0 Å². The molecule has 198 valence electrons. The lowest BCUT2D eigenvalue weighted by molar-refractivity contribution is -0.114. The van der Waals surface area contributed by atoms with E-state index in [4.69, 9.17) is 0 Å². The van der Waals surface area contributed by atoms with Gasteiger partial charge in [-0.2, -0.15) is 0 Å². The highest BCUT2D eigenvalue weighted by Crippen LogP contribution is 2.40. The Morgan fingerprint density at radius 2 is 1.55 bits per heavy atom. The van der Waals surface area contributed by atoms with E-state index in [1.807, 2.05) is 12.1 Å². The lowest BCUT2D eigenvalue weighted by Crippen LogP contribution is -2.37. The first-order chi connectivity index (χ1) is 18.5. The van der Waals surface area contributed by atoms with Gasteiger partial charge in [0.1, 0.15) is 0 Å². The summed E-state index contributed by atoms with van der Waals surface area (Å²) in [5.74, 6) is 0.756. The fourth-order valence-electron chi connectivity index (χ4n) is 5.15. The van der Waals surface area contributed by atoms with Crippen molar-refractivity contribution in [2.24, 2.45) is 5.92 Å². The van der Waals surface area contributed by atoms with E-state index in [2.05, 4.69) is 57.4 Å². The number of rotatable bonds is 10. The van der Waals surface area contributed by atoms with Gasteiger partial charge in [-0.15, -0.1) is 0 Å². The summed E-state index contributed by atoms with van der Waals surface area (Å²) in [6.07, 6.45) is 6.57. The number of piperidine rings is 1. The Morgan fingerprint density at radius 1 is 0.895 bits per heavy atom. The van der Waals surface area contributed by atoms with Crippen LogP contribution in [0.25, 0.3) is 6.08 Å². The molecule has 3 aromatic carbocycles. The summed E-state index contributed by atoms with van der Waals surface area (Å²) in [7, 11) is -3.87. The molecule has 1 aliphatic carbocycles. The molecule has 2 fully saturated rings. The fraction of sp³-hybridized carbons (Fsp3) is 0.323. The van der Waals surface area contributed by atoms with Crippen LogP contribution < -0.4 is 10.0 Å². The van der Waals surface area contributed by atoms with Gasteiger partial charge in [0.05, 0.1) is 4.90 Å². The van der Waals surface area contributed by atoms with Crippen LogP contribution in [-0.4, -0.2) is 44.9 Å². The van der Waals surface area contributed by atoms with Gasteiger partial charge >= 0.3 is 0 Å². The van der Waals surface area contributed by atoms with Gasteiger partial charge in [0, 0.05) is 24.6 Å². The normalized spacial score (nSPS) is 20.4. The van der Waals surface area contributed by atoms with Crippen LogP contribution in [0.2, 0.25) is 0 Å². The molecule has 0 unspecified atom stereocenters. The monoisotopic (exact) mass is 529 g/mol. The van der Waals surface area contributed by atoms with Crippen LogP contribution in [0, 0.1) is 5.92 Å². The highest BCUT2D eigenvalue weighted by molar-refractivity contribution is 7.90. The van der Waals surface area contributed by atoms with Gasteiger partial charge in [-0.25, -0.2) is 13.1 Å². The average Bonchev–Trinajstić information content (AvgIpc) is 3.73. The molecule has 0 aromatic heterocycles. The third-order valence-corrected chi connectivity index (χ3v) is 8.86. The molecular formula is C31H35N3O3S. The Morgan fingerprint density at radius 3 is 2.24 bits per heavy atom. The Bertz CT molecular complexity index is 1330. The summed E-state index contributed by atoms with van der Waals surface area (Å²) in [5, 5.41) is 3.80. The topological polar surface area (TPSA) is 78.5 Å². The number of carbonyl (C=O) groups is 1. The molecule has 1 heterocycles. The molecule has 38 heavy (non-hydrogen) atoms. The van der Waals surface area contributed by atoms with E-state index in [0.717, 1.165) is 37.7 Å². The molecule has 0 spiro atoms. The number of carbonyl (C=O) groups excluding carboxylic acids is 1. The average molecular weight is 530 g/mol. The zero-order valence-corrected chi connectivity index (χ0v) is 22.3. The number of hydrogen-bond donors (Lipinski definition) is 2. The molecule has 6 nitrogen and oxygen atoms in total. The van der Waals surface area contributed by atoms with Crippen molar-refractivity contribution < 1.29 is 13.2 Å². The van der Waals surface area contributed by atoms with E-state index < -0.39 is 15.9 Å². The summed E-state index contributed by atoms with van der Waals surface area (Å²) in [6.45, 7) is 4.25. The molecule has 1 aliphatic heterocycles. The van der Waals surface area contributed by atoms with Crippen LogP contribution >= 0.6 is 0 Å². The quantitative estimate of drug-likeness (QED) is 0.377. The minimum atomic E-state index is -3.87. The van der Waals surface area contributed by atoms with Gasteiger partial charge in [0.15, 0.2) is 0 Å². The lowest BCUT2D eigenvalue weighted by Gasteiger charge is -2.32. The first-order valence-electron chi connectivity index (χ1n) is 13.4. The largest absolute Gasteiger partial charge is 0.313 e. The second-order valence-corrected chi connectivity index (χ2v) is 12.0. The highest BCUT2D eigenvalue weighted by Gasteiger charge is 2.38. The Kier molecular flexibility index (Phi) is 8.37. The maximum atomic E-state index is 12.3. The standard InChI is InChI=1S/C31H35N3O3S/c35-31(33-38(36,37)28-9-5-2-6-10-28)16-15-24-11-13-26(14-12-24)23-34-19-17-25(18-20-34)22-32-30-21-29(30)27-7-3-1-4-8-27/h1-16,25,29-30,32H,17-23H2,(H,33,35)/b16-15+/t29-,30+/m0/s1. The zero-order chi connectivity index (χ0) is 26.4. The van der Waals surface area contributed by atoms with Gasteiger partial charge in [-0.3, -0.25) is 9.69 Å². The summed E-state index contributed by atoms with van der Waals surface area (Å²) in [5.41, 5.74) is 3.54. The van der Waals surface area contributed by atoms with Crippen molar-refractivity contribution in [2.45, 2.75) is 42.7 Å². The molecule has 0 radical (unpaired) electrons. The van der Waals surface area contributed by atoms with E-state index in [1.165, 1.54) is 48.6 Å². The lowest BCUT2D eigenvalue weighted by atomic mass is 9.96. The Balaban J connectivity index is 1.02. The van der Waals surface area contributed by atoms with Crippen LogP contribution in [0.3, 0.4) is 0 Å². The predicted molar refractivity (Wildman–Crippen MR) is 151 cm³/mol. The van der Waals surface area contributed by atoms with E-state index in [0.29, 0.717) is 12.0 Å². The van der Waals surface area contributed by atoms with Crippen molar-refractivity contribution >= 4 is 22.0 Å². The van der Waals surface area contributed by atoms with Crippen LogP contribution in [-0.2, 0) is 21.4 Å². The molecule has 7 heteroatoms. The number of benzene rings is 3. The van der Waals surface area contributed by atoms with Crippen molar-refractivity contribution in [3.8, 4) is 0 Å². The molecule has 1 saturated heterocycles. The smallest absolute Gasteiger partial charge is 0.264 e. The van der Waals surface area contributed by atoms with E-state index in [9.17, 15) is 13.2 Å². The van der Waals surface area contributed by atoms with Crippen molar-refractivity contribution in [1.29, 1.82) is 0 Å². The van der Waals surface area contributed by atoms with Crippen LogP contribution in [0.15, 0.2) is 95.9 Å². The number of nitrogens with zero attached hydrogens (tertiary/aromatic N) is 1. The molecule has 0 bridgehead atoms. The Labute approximate surface area is 225 Å². The van der Waals surface area contributed by atoms with Gasteiger partial charge in [0.2, 0.25) is 0 Å². The van der Waals surface area contributed by atoms with Crippen molar-refractivity contribution in [2.75, 3.05) is 19.6 Å². The predicted octanol–water partition coefficient (Wildman–Crippen LogP) is 4.56. The van der Waals surface area contributed by atoms with Gasteiger partial charge < -0.3 is 5.32 Å². The van der Waals surface area contributed by atoms with Gasteiger partial charge in [-0.05, 0) is 79.7 Å². The minimum Gasteiger partial charge on any atom is -0.313 e. The second kappa shape index (κ2) is 12.1. The van der Waals surface area contributed by atoms with E-state index in [-0.39, 0.29) is 4.90 Å². The van der Waals surface area contributed by atoms with Gasteiger partial charge in [-0.1, -0.05) is 72.8 Å². The maximum Gasteiger partial charge on any atom is 0.264 e.